The predicted octanol–water partition coefficient (Wildman–Crippen LogP) is 1.88. The van der Waals surface area contributed by atoms with E-state index in [0.717, 1.165) is 18.2 Å². The average Bonchev–Trinajstić information content (AvgIpc) is 3.12. The highest BCUT2D eigenvalue weighted by molar-refractivity contribution is 6.33. The Morgan fingerprint density at radius 2 is 1.93 bits per heavy atom. The molecule has 29 heavy (non-hydrogen) atoms. The van der Waals surface area contributed by atoms with Gasteiger partial charge in [0.15, 0.2) is 0 Å². The molecule has 1 saturated heterocycles. The summed E-state index contributed by atoms with van der Waals surface area (Å²) in [5.74, 6) is 0.697. The zero-order chi connectivity index (χ0) is 20.0. The van der Waals surface area contributed by atoms with E-state index in [2.05, 4.69) is 9.97 Å². The highest BCUT2D eigenvalue weighted by atomic mass is 16.3. The van der Waals surface area contributed by atoms with E-state index >= 15 is 0 Å². The maximum Gasteiger partial charge on any atom is 0.294 e. The number of carbonyl (C=O) groups is 1. The van der Waals surface area contributed by atoms with Crippen molar-refractivity contribution in [2.75, 3.05) is 13.1 Å². The van der Waals surface area contributed by atoms with Crippen LogP contribution in [-0.4, -0.2) is 46.7 Å². The van der Waals surface area contributed by atoms with Crippen LogP contribution in [0.1, 0.15) is 34.9 Å². The van der Waals surface area contributed by atoms with Crippen molar-refractivity contribution >= 4 is 41.3 Å². The lowest BCUT2D eigenvalue weighted by atomic mass is 9.94. The first-order valence-electron chi connectivity index (χ1n) is 9.51. The van der Waals surface area contributed by atoms with Crippen LogP contribution in [0.2, 0.25) is 0 Å². The Labute approximate surface area is 167 Å². The van der Waals surface area contributed by atoms with Gasteiger partial charge in [-0.3, -0.25) is 14.6 Å². The molecule has 8 heteroatoms. The zero-order valence-corrected chi connectivity index (χ0v) is 15.6. The third kappa shape index (κ3) is 3.10. The first-order chi connectivity index (χ1) is 14.1. The maximum atomic E-state index is 12.6. The summed E-state index contributed by atoms with van der Waals surface area (Å²) in [4.78, 5) is 38.5. The number of carbonyl (C=O) groups excluding carboxylic acids is 1. The van der Waals surface area contributed by atoms with Gasteiger partial charge < -0.3 is 14.3 Å². The van der Waals surface area contributed by atoms with Crippen molar-refractivity contribution in [3.63, 3.8) is 0 Å². The second kappa shape index (κ2) is 6.88. The van der Waals surface area contributed by atoms with Gasteiger partial charge in [0.05, 0.1) is 0 Å². The number of likely N-dealkylation sites (tertiary alicyclic amines) is 1. The number of aromatic nitrogens is 3. The minimum Gasteiger partial charge on any atom is -0.449 e. The summed E-state index contributed by atoms with van der Waals surface area (Å²) in [6, 6.07) is 8.69. The fourth-order valence-electron chi connectivity index (χ4n) is 3.92. The molecule has 1 aromatic carbocycles. The highest BCUT2D eigenvalue weighted by Crippen LogP contribution is 2.29. The molecule has 4 aromatic rings. The number of amides is 1. The number of nitrogens with one attached hydrogen (secondary N) is 1. The predicted molar refractivity (Wildman–Crippen MR) is 110 cm³/mol. The smallest absolute Gasteiger partial charge is 0.294 e. The molecule has 3 aromatic heterocycles. The number of nitrogens with zero attached hydrogens (tertiary/aromatic N) is 3. The summed E-state index contributed by atoms with van der Waals surface area (Å²) in [5.41, 5.74) is 2.25. The SMILES string of the molecule is [B]c1ccc2oc3c(=O)[nH]c(C4CCN(C(=O)c5ccncc5)CC4)nc3c2c1. The summed E-state index contributed by atoms with van der Waals surface area (Å²) >= 11 is 0. The highest BCUT2D eigenvalue weighted by Gasteiger charge is 2.27. The van der Waals surface area contributed by atoms with Crippen LogP contribution in [0.3, 0.4) is 0 Å². The van der Waals surface area contributed by atoms with Crippen molar-refractivity contribution in [1.82, 2.24) is 19.9 Å². The van der Waals surface area contributed by atoms with Crippen molar-refractivity contribution in [2.45, 2.75) is 18.8 Å². The van der Waals surface area contributed by atoms with Crippen LogP contribution >= 0.6 is 0 Å². The van der Waals surface area contributed by atoms with E-state index in [9.17, 15) is 9.59 Å². The second-order valence-corrected chi connectivity index (χ2v) is 7.29. The number of hydrogen-bond acceptors (Lipinski definition) is 5. The summed E-state index contributed by atoms with van der Waals surface area (Å²) in [6.07, 6.45) is 4.68. The van der Waals surface area contributed by atoms with Gasteiger partial charge in [0.2, 0.25) is 5.58 Å². The summed E-state index contributed by atoms with van der Waals surface area (Å²) in [6.45, 7) is 1.21. The number of rotatable bonds is 2. The number of hydrogen-bond donors (Lipinski definition) is 1. The van der Waals surface area contributed by atoms with E-state index in [4.69, 9.17) is 17.2 Å². The van der Waals surface area contributed by atoms with E-state index in [0.29, 0.717) is 41.0 Å². The van der Waals surface area contributed by atoms with Crippen LogP contribution in [0, 0.1) is 0 Å². The summed E-state index contributed by atoms with van der Waals surface area (Å²) in [5, 5.41) is 0.734. The Morgan fingerprint density at radius 1 is 1.17 bits per heavy atom. The van der Waals surface area contributed by atoms with Crippen LogP contribution in [0.15, 0.2) is 51.9 Å². The maximum absolute atomic E-state index is 12.6. The number of fused-ring (bicyclic) bond motifs is 3. The van der Waals surface area contributed by atoms with Gasteiger partial charge in [-0.2, -0.15) is 0 Å². The summed E-state index contributed by atoms with van der Waals surface area (Å²) < 4.78 is 5.66. The summed E-state index contributed by atoms with van der Waals surface area (Å²) in [7, 11) is 5.89. The minimum absolute atomic E-state index is 0.000872. The fraction of sp³-hybridized carbons (Fsp3) is 0.238. The lowest BCUT2D eigenvalue weighted by Gasteiger charge is -2.31. The molecule has 0 spiro atoms. The molecule has 1 aliphatic heterocycles. The van der Waals surface area contributed by atoms with Gasteiger partial charge in [-0.15, -0.1) is 0 Å². The molecule has 1 aliphatic rings. The Morgan fingerprint density at radius 3 is 2.69 bits per heavy atom. The van der Waals surface area contributed by atoms with Crippen molar-refractivity contribution in [3.05, 3.63) is 64.5 Å². The van der Waals surface area contributed by atoms with Crippen molar-refractivity contribution in [3.8, 4) is 0 Å². The number of H-pyrrole nitrogens is 1. The van der Waals surface area contributed by atoms with Gasteiger partial charge in [0, 0.05) is 42.4 Å². The van der Waals surface area contributed by atoms with E-state index in [-0.39, 0.29) is 23.0 Å². The van der Waals surface area contributed by atoms with Crippen LogP contribution in [0.4, 0.5) is 0 Å². The lowest BCUT2D eigenvalue weighted by molar-refractivity contribution is 0.0711. The van der Waals surface area contributed by atoms with Crippen molar-refractivity contribution < 1.29 is 9.21 Å². The van der Waals surface area contributed by atoms with Crippen molar-refractivity contribution in [1.29, 1.82) is 0 Å². The van der Waals surface area contributed by atoms with Crippen molar-refractivity contribution in [2.24, 2.45) is 0 Å². The lowest BCUT2D eigenvalue weighted by Crippen LogP contribution is -2.38. The van der Waals surface area contributed by atoms with Crippen LogP contribution in [0.5, 0.6) is 0 Å². The monoisotopic (exact) mass is 384 g/mol. The minimum atomic E-state index is -0.296. The molecule has 1 fully saturated rings. The number of furan rings is 1. The molecule has 0 bridgehead atoms. The van der Waals surface area contributed by atoms with Gasteiger partial charge in [0.25, 0.3) is 11.5 Å². The Balaban J connectivity index is 1.42. The Kier molecular flexibility index (Phi) is 4.19. The van der Waals surface area contributed by atoms with Gasteiger partial charge in [-0.1, -0.05) is 17.6 Å². The molecule has 0 saturated carbocycles. The van der Waals surface area contributed by atoms with Gasteiger partial charge >= 0.3 is 0 Å². The van der Waals surface area contributed by atoms with Crippen LogP contribution in [-0.2, 0) is 0 Å². The molecular weight excluding hydrogens is 367 g/mol. The number of aromatic amines is 1. The Bertz CT molecular complexity index is 1270. The molecule has 5 rings (SSSR count). The molecule has 0 atom stereocenters. The van der Waals surface area contributed by atoms with Crippen LogP contribution < -0.4 is 11.0 Å². The molecule has 4 heterocycles. The largest absolute Gasteiger partial charge is 0.449 e. The first-order valence-corrected chi connectivity index (χ1v) is 9.51. The number of piperidine rings is 1. The van der Waals surface area contributed by atoms with E-state index in [1.165, 1.54) is 0 Å². The third-order valence-corrected chi connectivity index (χ3v) is 5.46. The average molecular weight is 384 g/mol. The molecule has 1 N–H and O–H groups in total. The molecule has 0 aliphatic carbocycles. The quantitative estimate of drug-likeness (QED) is 0.533. The van der Waals surface area contributed by atoms with E-state index in [1.807, 2.05) is 4.90 Å². The van der Waals surface area contributed by atoms with Gasteiger partial charge in [-0.25, -0.2) is 4.98 Å². The van der Waals surface area contributed by atoms with Gasteiger partial charge in [-0.05, 0) is 31.0 Å². The first kappa shape index (κ1) is 17.7. The topological polar surface area (TPSA) is 92.1 Å². The molecule has 0 unspecified atom stereocenters. The number of benzene rings is 1. The third-order valence-electron chi connectivity index (χ3n) is 5.46. The molecule has 7 nitrogen and oxygen atoms in total. The standard InChI is InChI=1S/C21H17BN4O3/c22-14-1-2-16-15(11-14)17-18(29-16)20(27)25-19(24-17)12-5-9-26(10-6-12)21(28)13-3-7-23-8-4-13/h1-4,7-8,11-12H,5-6,9-10H2,(H,24,25,27). The van der Waals surface area contributed by atoms with E-state index in [1.54, 1.807) is 42.7 Å². The molecule has 2 radical (unpaired) electrons. The Hall–Kier alpha value is -3.42. The normalized spacial score (nSPS) is 15.2. The fourth-order valence-corrected chi connectivity index (χ4v) is 3.92. The molecule has 1 amide bonds. The van der Waals surface area contributed by atoms with Crippen LogP contribution in [0.25, 0.3) is 22.1 Å². The van der Waals surface area contributed by atoms with Gasteiger partial charge in [0.1, 0.15) is 24.8 Å². The van der Waals surface area contributed by atoms with E-state index < -0.39 is 0 Å². The second-order valence-electron chi connectivity index (χ2n) is 7.29. The molecule has 142 valence electrons. The zero-order valence-electron chi connectivity index (χ0n) is 15.6. The molecular formula is C21H17BN4O3. The number of pyridine rings is 1.